The van der Waals surface area contributed by atoms with Crippen LogP contribution in [0.15, 0.2) is 72.9 Å². The van der Waals surface area contributed by atoms with E-state index in [2.05, 4.69) is 33.6 Å². The first-order valence-electron chi connectivity index (χ1n) is 11.0. The number of benzene rings is 2. The van der Waals surface area contributed by atoms with Gasteiger partial charge >= 0.3 is 0 Å². The first-order chi connectivity index (χ1) is 17.0. The van der Waals surface area contributed by atoms with Crippen molar-refractivity contribution < 1.29 is 9.53 Å². The van der Waals surface area contributed by atoms with Crippen LogP contribution < -0.4 is 10.1 Å². The first kappa shape index (κ1) is 22.3. The largest absolute Gasteiger partial charge is 0.438 e. The van der Waals surface area contributed by atoms with Crippen LogP contribution in [0.25, 0.3) is 10.2 Å². The third-order valence-electron chi connectivity index (χ3n) is 5.56. The fourth-order valence-corrected chi connectivity index (χ4v) is 4.84. The summed E-state index contributed by atoms with van der Waals surface area (Å²) >= 11 is 1.43. The number of pyridine rings is 1. The molecule has 5 aromatic rings. The number of hydrogen-bond donors (Lipinski definition) is 1. The van der Waals surface area contributed by atoms with E-state index in [1.165, 1.54) is 11.3 Å². The van der Waals surface area contributed by atoms with Crippen molar-refractivity contribution in [3.8, 4) is 17.7 Å². The van der Waals surface area contributed by atoms with Gasteiger partial charge in [-0.15, -0.1) is 11.3 Å². The summed E-state index contributed by atoms with van der Waals surface area (Å²) in [6.07, 6.45) is 1.57. The Labute approximate surface area is 206 Å². The quantitative estimate of drug-likeness (QED) is 0.319. The lowest BCUT2D eigenvalue weighted by Crippen LogP contribution is -2.11. The molecule has 0 bridgehead atoms. The number of nitrogens with zero attached hydrogens (tertiary/aromatic N) is 4. The summed E-state index contributed by atoms with van der Waals surface area (Å²) < 4.78 is 7.73. The number of ether oxygens (including phenoxy) is 1. The van der Waals surface area contributed by atoms with Gasteiger partial charge in [0.25, 0.3) is 5.91 Å². The highest BCUT2D eigenvalue weighted by molar-refractivity contribution is 7.20. The van der Waals surface area contributed by atoms with E-state index >= 15 is 0 Å². The number of thiophene rings is 1. The van der Waals surface area contributed by atoms with Crippen molar-refractivity contribution in [2.24, 2.45) is 0 Å². The molecule has 0 aliphatic carbocycles. The number of anilines is 1. The Morgan fingerprint density at radius 3 is 2.71 bits per heavy atom. The average molecular weight is 480 g/mol. The number of aromatic nitrogens is 3. The number of carbonyl (C=O) groups is 1. The molecule has 1 amide bonds. The average Bonchev–Trinajstić information content (AvgIpc) is 3.43. The molecule has 0 atom stereocenters. The molecule has 35 heavy (non-hydrogen) atoms. The predicted molar refractivity (Wildman–Crippen MR) is 136 cm³/mol. The minimum Gasteiger partial charge on any atom is -0.438 e. The van der Waals surface area contributed by atoms with Crippen LogP contribution in [0, 0.1) is 25.2 Å². The van der Waals surface area contributed by atoms with Crippen LogP contribution in [0.5, 0.6) is 11.6 Å². The van der Waals surface area contributed by atoms with E-state index in [-0.39, 0.29) is 11.8 Å². The van der Waals surface area contributed by atoms with Gasteiger partial charge in [-0.05, 0) is 61.4 Å². The van der Waals surface area contributed by atoms with Gasteiger partial charge in [-0.3, -0.25) is 9.48 Å². The second kappa shape index (κ2) is 9.41. The number of fused-ring (bicyclic) bond motifs is 1. The van der Waals surface area contributed by atoms with Crippen LogP contribution in [0.3, 0.4) is 0 Å². The van der Waals surface area contributed by atoms with Crippen molar-refractivity contribution >= 4 is 33.1 Å². The van der Waals surface area contributed by atoms with E-state index in [0.29, 0.717) is 28.4 Å². The van der Waals surface area contributed by atoms with E-state index in [1.54, 1.807) is 36.5 Å². The molecule has 0 saturated heterocycles. The number of nitriles is 1. The molecular weight excluding hydrogens is 458 g/mol. The molecule has 8 heteroatoms. The second-order valence-electron chi connectivity index (χ2n) is 8.06. The van der Waals surface area contributed by atoms with Gasteiger partial charge in [0.05, 0.1) is 17.1 Å². The summed E-state index contributed by atoms with van der Waals surface area (Å²) in [4.78, 5) is 18.8. The van der Waals surface area contributed by atoms with Gasteiger partial charge in [-0.1, -0.05) is 30.3 Å². The highest BCUT2D eigenvalue weighted by atomic mass is 32.1. The van der Waals surface area contributed by atoms with E-state index < -0.39 is 0 Å². The molecule has 0 aliphatic heterocycles. The normalized spacial score (nSPS) is 10.8. The Hall–Kier alpha value is -4.48. The van der Waals surface area contributed by atoms with Crippen molar-refractivity contribution in [1.82, 2.24) is 14.8 Å². The Morgan fingerprint density at radius 2 is 1.94 bits per heavy atom. The van der Waals surface area contributed by atoms with Gasteiger partial charge < -0.3 is 10.1 Å². The van der Waals surface area contributed by atoms with Crippen molar-refractivity contribution in [1.29, 1.82) is 5.26 Å². The zero-order chi connectivity index (χ0) is 24.4. The van der Waals surface area contributed by atoms with E-state index in [0.717, 1.165) is 27.0 Å². The lowest BCUT2D eigenvalue weighted by atomic mass is 10.2. The van der Waals surface area contributed by atoms with Gasteiger partial charge in [0.2, 0.25) is 5.88 Å². The predicted octanol–water partition coefficient (Wildman–Crippen LogP) is 6.07. The summed E-state index contributed by atoms with van der Waals surface area (Å²) in [5.41, 5.74) is 3.92. The number of nitrogens with one attached hydrogen (secondary N) is 1. The van der Waals surface area contributed by atoms with Crippen molar-refractivity contribution in [3.05, 3.63) is 100 Å². The fourth-order valence-electron chi connectivity index (χ4n) is 3.78. The number of aryl methyl sites for hydroxylation is 2. The molecule has 3 aromatic heterocycles. The highest BCUT2D eigenvalue weighted by Crippen LogP contribution is 2.31. The van der Waals surface area contributed by atoms with Crippen LogP contribution in [0.2, 0.25) is 0 Å². The molecule has 172 valence electrons. The number of rotatable bonds is 6. The monoisotopic (exact) mass is 479 g/mol. The minimum absolute atomic E-state index is 0.176. The molecule has 5 rings (SSSR count). The fraction of sp³-hybridized carbons (Fsp3) is 0.111. The SMILES string of the molecule is Cc1cc(Oc2ncccc2C#N)ccc1NC(=O)c1cc2c(C)nn(Cc3ccccc3)c2s1. The Morgan fingerprint density at radius 1 is 1.11 bits per heavy atom. The third-order valence-corrected chi connectivity index (χ3v) is 6.71. The molecule has 1 N–H and O–H groups in total. The third kappa shape index (κ3) is 4.63. The van der Waals surface area contributed by atoms with E-state index in [9.17, 15) is 10.1 Å². The van der Waals surface area contributed by atoms with Crippen molar-refractivity contribution in [2.45, 2.75) is 20.4 Å². The van der Waals surface area contributed by atoms with Gasteiger partial charge in [-0.25, -0.2) is 4.98 Å². The molecule has 0 aliphatic rings. The Kier molecular flexibility index (Phi) is 6.00. The van der Waals surface area contributed by atoms with Crippen LogP contribution >= 0.6 is 11.3 Å². The summed E-state index contributed by atoms with van der Waals surface area (Å²) in [5.74, 6) is 0.607. The van der Waals surface area contributed by atoms with Gasteiger partial charge in [0.15, 0.2) is 0 Å². The summed E-state index contributed by atoms with van der Waals surface area (Å²) in [6, 6.07) is 22.8. The first-order valence-corrected chi connectivity index (χ1v) is 11.8. The molecular formula is C27H21N5O2S. The van der Waals surface area contributed by atoms with E-state index in [1.807, 2.05) is 42.8 Å². The smallest absolute Gasteiger partial charge is 0.265 e. The molecule has 0 unspecified atom stereocenters. The van der Waals surface area contributed by atoms with Gasteiger partial charge in [0, 0.05) is 17.3 Å². The highest BCUT2D eigenvalue weighted by Gasteiger charge is 2.17. The molecule has 0 saturated carbocycles. The Balaban J connectivity index is 1.34. The second-order valence-corrected chi connectivity index (χ2v) is 9.09. The maximum Gasteiger partial charge on any atom is 0.265 e. The number of amides is 1. The van der Waals surface area contributed by atoms with Crippen LogP contribution in [0.4, 0.5) is 5.69 Å². The molecule has 0 radical (unpaired) electrons. The summed E-state index contributed by atoms with van der Waals surface area (Å²) in [7, 11) is 0. The molecule has 2 aromatic carbocycles. The lowest BCUT2D eigenvalue weighted by molar-refractivity contribution is 0.103. The standard InChI is InChI=1S/C27H21N5O2S/c1-17-13-21(34-26-20(15-28)9-6-12-29-26)10-11-23(17)30-25(33)24-14-22-18(2)31-32(27(22)35-24)16-19-7-4-3-5-8-19/h3-14H,16H2,1-2H3,(H,30,33). The summed E-state index contributed by atoms with van der Waals surface area (Å²) in [6.45, 7) is 4.50. The van der Waals surface area contributed by atoms with Gasteiger partial charge in [0.1, 0.15) is 22.2 Å². The molecule has 0 spiro atoms. The van der Waals surface area contributed by atoms with Crippen LogP contribution in [0.1, 0.15) is 32.1 Å². The van der Waals surface area contributed by atoms with Crippen LogP contribution in [-0.4, -0.2) is 20.7 Å². The molecule has 0 fully saturated rings. The lowest BCUT2D eigenvalue weighted by Gasteiger charge is -2.11. The zero-order valence-electron chi connectivity index (χ0n) is 19.1. The minimum atomic E-state index is -0.176. The molecule has 7 nitrogen and oxygen atoms in total. The maximum atomic E-state index is 13.1. The van der Waals surface area contributed by atoms with Crippen LogP contribution in [-0.2, 0) is 6.54 Å². The van der Waals surface area contributed by atoms with E-state index in [4.69, 9.17) is 4.74 Å². The van der Waals surface area contributed by atoms with Crippen molar-refractivity contribution in [2.75, 3.05) is 5.32 Å². The topological polar surface area (TPSA) is 92.8 Å². The van der Waals surface area contributed by atoms with Crippen molar-refractivity contribution in [3.63, 3.8) is 0 Å². The number of hydrogen-bond acceptors (Lipinski definition) is 6. The van der Waals surface area contributed by atoms with Gasteiger partial charge in [-0.2, -0.15) is 10.4 Å². The zero-order valence-corrected chi connectivity index (χ0v) is 20.0. The maximum absolute atomic E-state index is 13.1. The summed E-state index contributed by atoms with van der Waals surface area (Å²) in [5, 5.41) is 17.9. The molecule has 3 heterocycles. The Bertz CT molecular complexity index is 1580. The number of carbonyl (C=O) groups excluding carboxylic acids is 1.